The first-order valence-corrected chi connectivity index (χ1v) is 15.7. The number of rotatable bonds is 5. The van der Waals surface area contributed by atoms with E-state index in [4.69, 9.17) is 23.2 Å². The van der Waals surface area contributed by atoms with Gasteiger partial charge in [-0.1, -0.05) is 84.2 Å². The van der Waals surface area contributed by atoms with Crippen molar-refractivity contribution in [3.8, 4) is 5.75 Å². The maximum Gasteiger partial charge on any atom is 0.246 e. The fraction of sp³-hybridized carbons (Fsp3) is 0.314. The number of hydrogen-bond acceptors (Lipinski definition) is 5. The molecule has 3 fully saturated rings. The normalized spacial score (nSPS) is 29.4. The molecule has 7 rings (SSSR count). The highest BCUT2D eigenvalue weighted by Gasteiger charge is 2.70. The molecule has 224 valence electrons. The molecule has 2 saturated heterocycles. The van der Waals surface area contributed by atoms with Crippen molar-refractivity contribution in [1.29, 1.82) is 0 Å². The molecule has 2 aliphatic heterocycles. The van der Waals surface area contributed by atoms with Gasteiger partial charge in [0, 0.05) is 22.5 Å². The Balaban J connectivity index is 1.50. The summed E-state index contributed by atoms with van der Waals surface area (Å²) in [6.07, 6.45) is 3.22. The molecule has 3 aromatic rings. The summed E-state index contributed by atoms with van der Waals surface area (Å²) in [7, 11) is 0. The summed E-state index contributed by atoms with van der Waals surface area (Å²) in [4.78, 5) is 59.7. The number of nitrogens with zero attached hydrogens (tertiary/aromatic N) is 2. The Morgan fingerprint density at radius 1 is 0.886 bits per heavy atom. The zero-order valence-corrected chi connectivity index (χ0v) is 25.5. The Bertz CT molecular complexity index is 1760. The number of likely N-dealkylation sites (tertiary alicyclic amines) is 1. The Labute approximate surface area is 265 Å². The monoisotopic (exact) mass is 628 g/mol. The second kappa shape index (κ2) is 10.6. The number of phenols is 1. The third-order valence-corrected chi connectivity index (χ3v) is 10.6. The number of phenolic OH excluding ortho intramolecular Hbond substituents is 1. The largest absolute Gasteiger partial charge is 0.508 e. The van der Waals surface area contributed by atoms with Crippen molar-refractivity contribution >= 4 is 52.5 Å². The molecule has 1 N–H and O–H groups in total. The second-order valence-corrected chi connectivity index (χ2v) is 13.0. The zero-order chi connectivity index (χ0) is 30.9. The molecule has 4 aliphatic rings. The minimum atomic E-state index is -1.41. The maximum atomic E-state index is 15.1. The van der Waals surface area contributed by atoms with Gasteiger partial charge in [-0.05, 0) is 66.6 Å². The molecule has 0 radical (unpaired) electrons. The fourth-order valence-corrected chi connectivity index (χ4v) is 8.82. The Hall–Kier alpha value is -3.94. The summed E-state index contributed by atoms with van der Waals surface area (Å²) in [5, 5.41) is 10.9. The first-order valence-electron chi connectivity index (χ1n) is 14.9. The molecular formula is C35H30Cl2N2O5. The van der Waals surface area contributed by atoms with Crippen LogP contribution in [0.15, 0.2) is 84.4 Å². The van der Waals surface area contributed by atoms with Gasteiger partial charge in [0.2, 0.25) is 23.6 Å². The van der Waals surface area contributed by atoms with Gasteiger partial charge in [-0.2, -0.15) is 0 Å². The van der Waals surface area contributed by atoms with Crippen LogP contribution in [0.3, 0.4) is 0 Å². The number of carbonyl (C=O) groups is 4. The molecule has 2 aliphatic carbocycles. The van der Waals surface area contributed by atoms with Crippen LogP contribution in [0.2, 0.25) is 10.0 Å². The predicted molar refractivity (Wildman–Crippen MR) is 166 cm³/mol. The maximum absolute atomic E-state index is 15.1. The van der Waals surface area contributed by atoms with Crippen molar-refractivity contribution in [2.75, 3.05) is 11.4 Å². The van der Waals surface area contributed by atoms with Gasteiger partial charge in [0.15, 0.2) is 0 Å². The lowest BCUT2D eigenvalue weighted by Gasteiger charge is -2.51. The van der Waals surface area contributed by atoms with Crippen LogP contribution in [-0.2, 0) is 24.6 Å². The van der Waals surface area contributed by atoms with Gasteiger partial charge in [0.05, 0.1) is 28.9 Å². The van der Waals surface area contributed by atoms with Crippen molar-refractivity contribution < 1.29 is 24.3 Å². The van der Waals surface area contributed by atoms with E-state index < -0.39 is 40.9 Å². The molecule has 1 saturated carbocycles. The lowest BCUT2D eigenvalue weighted by atomic mass is 9.49. The summed E-state index contributed by atoms with van der Waals surface area (Å²) in [5.41, 5.74) is 1.01. The summed E-state index contributed by atoms with van der Waals surface area (Å²) in [5.74, 6) is -4.43. The predicted octanol–water partition coefficient (Wildman–Crippen LogP) is 6.27. The number of halogens is 2. The van der Waals surface area contributed by atoms with Crippen LogP contribution in [0.5, 0.6) is 5.75 Å². The second-order valence-electron chi connectivity index (χ2n) is 12.1. The number of fused-ring (bicyclic) bond motifs is 4. The van der Waals surface area contributed by atoms with Crippen LogP contribution < -0.4 is 4.90 Å². The van der Waals surface area contributed by atoms with E-state index in [1.54, 1.807) is 30.3 Å². The van der Waals surface area contributed by atoms with Crippen LogP contribution >= 0.6 is 23.2 Å². The minimum Gasteiger partial charge on any atom is -0.508 e. The Morgan fingerprint density at radius 2 is 1.66 bits per heavy atom. The van der Waals surface area contributed by atoms with Gasteiger partial charge >= 0.3 is 0 Å². The van der Waals surface area contributed by atoms with Gasteiger partial charge in [-0.25, -0.2) is 4.90 Å². The Morgan fingerprint density at radius 3 is 2.36 bits per heavy atom. The molecule has 0 bridgehead atoms. The molecule has 4 amide bonds. The number of benzene rings is 3. The number of aromatic hydroxyl groups is 1. The van der Waals surface area contributed by atoms with Gasteiger partial charge < -0.3 is 5.11 Å². The van der Waals surface area contributed by atoms with E-state index in [-0.39, 0.29) is 34.9 Å². The average molecular weight is 630 g/mol. The van der Waals surface area contributed by atoms with E-state index in [0.29, 0.717) is 41.2 Å². The van der Waals surface area contributed by atoms with E-state index in [2.05, 4.69) is 0 Å². The van der Waals surface area contributed by atoms with Gasteiger partial charge in [-0.3, -0.25) is 24.1 Å². The van der Waals surface area contributed by atoms with Crippen molar-refractivity contribution in [3.63, 3.8) is 0 Å². The smallest absolute Gasteiger partial charge is 0.246 e. The highest BCUT2D eigenvalue weighted by molar-refractivity contribution is 6.33. The molecule has 3 aromatic carbocycles. The van der Waals surface area contributed by atoms with Gasteiger partial charge in [0.25, 0.3) is 0 Å². The molecule has 2 heterocycles. The summed E-state index contributed by atoms with van der Waals surface area (Å²) in [6.45, 7) is 2.27. The highest BCUT2D eigenvalue weighted by Crippen LogP contribution is 2.65. The summed E-state index contributed by atoms with van der Waals surface area (Å²) >= 11 is 13.2. The molecule has 44 heavy (non-hydrogen) atoms. The lowest BCUT2D eigenvalue weighted by Crippen LogP contribution is -2.53. The minimum absolute atomic E-state index is 0.0322. The third-order valence-electron chi connectivity index (χ3n) is 10.0. The first-order chi connectivity index (χ1) is 21.2. The molecule has 7 nitrogen and oxygen atoms in total. The van der Waals surface area contributed by atoms with Gasteiger partial charge in [0.1, 0.15) is 5.75 Å². The van der Waals surface area contributed by atoms with E-state index in [9.17, 15) is 19.5 Å². The van der Waals surface area contributed by atoms with Crippen molar-refractivity contribution in [1.82, 2.24) is 4.90 Å². The topological polar surface area (TPSA) is 95.0 Å². The lowest BCUT2D eigenvalue weighted by molar-refractivity contribution is -0.140. The van der Waals surface area contributed by atoms with E-state index in [1.165, 1.54) is 21.9 Å². The van der Waals surface area contributed by atoms with Crippen molar-refractivity contribution in [2.24, 2.45) is 23.7 Å². The van der Waals surface area contributed by atoms with Crippen LogP contribution in [-0.4, -0.2) is 40.2 Å². The van der Waals surface area contributed by atoms with Gasteiger partial charge in [-0.15, -0.1) is 0 Å². The molecule has 6 atom stereocenters. The molecule has 9 heteroatoms. The molecule has 0 aromatic heterocycles. The van der Waals surface area contributed by atoms with Crippen LogP contribution in [0, 0.1) is 23.7 Å². The average Bonchev–Trinajstić information content (AvgIpc) is 3.39. The number of imide groups is 2. The first kappa shape index (κ1) is 28.8. The number of anilines is 1. The zero-order valence-electron chi connectivity index (χ0n) is 24.0. The molecule has 0 unspecified atom stereocenters. The highest BCUT2D eigenvalue weighted by atomic mass is 35.5. The number of allylic oxidation sites excluding steroid dienone is 2. The van der Waals surface area contributed by atoms with Crippen LogP contribution in [0.25, 0.3) is 0 Å². The molecular weight excluding hydrogens is 599 g/mol. The van der Waals surface area contributed by atoms with E-state index in [1.807, 2.05) is 43.3 Å². The quantitative estimate of drug-likeness (QED) is 0.265. The van der Waals surface area contributed by atoms with Crippen molar-refractivity contribution in [2.45, 2.75) is 37.5 Å². The summed E-state index contributed by atoms with van der Waals surface area (Å²) < 4.78 is 0. The van der Waals surface area contributed by atoms with Crippen LogP contribution in [0.4, 0.5) is 5.69 Å². The summed E-state index contributed by atoms with van der Waals surface area (Å²) in [6, 6.07) is 20.6. The third kappa shape index (κ3) is 3.95. The van der Waals surface area contributed by atoms with Crippen LogP contribution in [0.1, 0.15) is 43.2 Å². The number of hydrogen-bond donors (Lipinski definition) is 1. The molecule has 0 spiro atoms. The fourth-order valence-electron chi connectivity index (χ4n) is 8.35. The van der Waals surface area contributed by atoms with E-state index >= 15 is 4.79 Å². The van der Waals surface area contributed by atoms with E-state index in [0.717, 1.165) is 5.57 Å². The standard InChI is InChI=1S/C35H30Cl2N2O5/c1-2-15-38-31(41)25-14-13-23-26(29(25)33(38)43)18-27-32(42)39(21-10-6-9-20(36)16-21)34(44)35(27,19-7-4-3-5-8-19)30(23)24-12-11-22(40)17-28(24)37/h3-13,16-17,25-27,29-30,40H,2,14-15,18H2,1H3/t25-,26+,27-,29-,30+,35+/m0/s1. The number of amides is 4. The van der Waals surface area contributed by atoms with Crippen molar-refractivity contribution in [3.05, 3.63) is 106 Å². The number of carbonyl (C=O) groups excluding carboxylic acids is 4. The SMILES string of the molecule is CCCN1C(=O)[C@H]2[C@H](CC=C3[C@H]2C[C@H]2C(=O)N(c4cccc(Cl)c4)C(=O)[C@@]2(c2ccccc2)[C@H]3c2ccc(O)cc2Cl)C1=O. The Kier molecular flexibility index (Phi) is 6.94.